The Labute approximate surface area is 60.0 Å². The fourth-order valence-corrected chi connectivity index (χ4v) is 0.694. The van der Waals surface area contributed by atoms with Gasteiger partial charge in [0, 0.05) is 5.33 Å². The zero-order valence-corrected chi connectivity index (χ0v) is 5.09. The molecular weight excluding hydrogens is 135 g/mol. The molecular formula is C4H10BrLi. The van der Waals surface area contributed by atoms with E-state index in [0.717, 1.165) is 5.33 Å². The van der Waals surface area contributed by atoms with Gasteiger partial charge in [0.2, 0.25) is 0 Å². The van der Waals surface area contributed by atoms with Crippen molar-refractivity contribution in [3.63, 3.8) is 0 Å². The molecule has 0 aromatic rings. The molecule has 0 saturated carbocycles. The van der Waals surface area contributed by atoms with E-state index in [0.29, 0.717) is 0 Å². The van der Waals surface area contributed by atoms with Crippen LogP contribution in [0.4, 0.5) is 0 Å². The van der Waals surface area contributed by atoms with Gasteiger partial charge < -0.3 is 0 Å². The second-order valence-corrected chi connectivity index (χ2v) is 1.84. The summed E-state index contributed by atoms with van der Waals surface area (Å²) in [5, 5.41) is 1.16. The van der Waals surface area contributed by atoms with Crippen LogP contribution in [-0.4, -0.2) is 24.2 Å². The third-order valence-corrected chi connectivity index (χ3v) is 1.05. The molecule has 0 aliphatic rings. The third-order valence-electron chi connectivity index (χ3n) is 0.487. The van der Waals surface area contributed by atoms with Crippen molar-refractivity contribution in [3.05, 3.63) is 0 Å². The molecule has 0 spiro atoms. The second-order valence-electron chi connectivity index (χ2n) is 1.04. The summed E-state index contributed by atoms with van der Waals surface area (Å²) < 4.78 is 0. The number of hydrogen-bond donors (Lipinski definition) is 0. The predicted octanol–water partition coefficient (Wildman–Crippen LogP) is 1.53. The number of halogens is 1. The Hall–Kier alpha value is 1.08. The number of alkyl halides is 1. The van der Waals surface area contributed by atoms with Crippen LogP contribution < -0.4 is 0 Å². The maximum atomic E-state index is 3.31. The van der Waals surface area contributed by atoms with Crippen LogP contribution in [0.5, 0.6) is 0 Å². The van der Waals surface area contributed by atoms with E-state index in [1.165, 1.54) is 12.8 Å². The van der Waals surface area contributed by atoms with Gasteiger partial charge in [0.1, 0.15) is 0 Å². The predicted molar refractivity (Wildman–Crippen MR) is 35.9 cm³/mol. The quantitative estimate of drug-likeness (QED) is 0.408. The molecule has 0 N–H and O–H groups in total. The molecule has 0 unspecified atom stereocenters. The second kappa shape index (κ2) is 9.42. The topological polar surface area (TPSA) is 0 Å². The first-order chi connectivity index (χ1) is 2.41. The van der Waals surface area contributed by atoms with E-state index in [1.54, 1.807) is 0 Å². The van der Waals surface area contributed by atoms with Crippen LogP contribution in [0.15, 0.2) is 0 Å². The standard InChI is InChI=1S/C4H9Br.Li.H/c1-2-3-4-5;;/h2-4H2,1H3;;. The molecule has 0 atom stereocenters. The molecule has 0 nitrogen and oxygen atoms in total. The monoisotopic (exact) mass is 144 g/mol. The summed E-state index contributed by atoms with van der Waals surface area (Å²) in [5.74, 6) is 0. The maximum absolute atomic E-state index is 3.31. The molecule has 0 rings (SSSR count). The normalized spacial score (nSPS) is 7.00. The van der Waals surface area contributed by atoms with E-state index in [1.807, 2.05) is 0 Å². The van der Waals surface area contributed by atoms with Crippen LogP contribution in [0.25, 0.3) is 0 Å². The Morgan fingerprint density at radius 3 is 2.00 bits per heavy atom. The van der Waals surface area contributed by atoms with Crippen LogP contribution in [0, 0.1) is 0 Å². The molecule has 2 heteroatoms. The fraction of sp³-hybridized carbons (Fsp3) is 1.00. The van der Waals surface area contributed by atoms with Gasteiger partial charge in [0.05, 0.1) is 0 Å². The van der Waals surface area contributed by atoms with Crippen molar-refractivity contribution in [1.29, 1.82) is 0 Å². The third kappa shape index (κ3) is 8.91. The SMILES string of the molecule is CCCCBr.[LiH]. The Kier molecular flexibility index (Phi) is 15.9. The van der Waals surface area contributed by atoms with Crippen LogP contribution in [0.3, 0.4) is 0 Å². The average molecular weight is 145 g/mol. The Morgan fingerprint density at radius 1 is 1.50 bits per heavy atom. The van der Waals surface area contributed by atoms with Crippen molar-refractivity contribution in [2.75, 3.05) is 5.33 Å². The van der Waals surface area contributed by atoms with Crippen LogP contribution >= 0.6 is 15.9 Å². The molecule has 0 amide bonds. The van der Waals surface area contributed by atoms with E-state index < -0.39 is 0 Å². The van der Waals surface area contributed by atoms with Crippen LogP contribution in [0.1, 0.15) is 19.8 Å². The van der Waals surface area contributed by atoms with E-state index >= 15 is 0 Å². The summed E-state index contributed by atoms with van der Waals surface area (Å²) >= 11 is 3.31. The summed E-state index contributed by atoms with van der Waals surface area (Å²) in [6, 6.07) is 0. The molecule has 0 aromatic heterocycles. The first kappa shape index (κ1) is 10.1. The molecule has 0 fully saturated rings. The fourth-order valence-electron chi connectivity index (χ4n) is 0.134. The molecule has 0 saturated heterocycles. The summed E-state index contributed by atoms with van der Waals surface area (Å²) in [6.45, 7) is 2.18. The number of rotatable bonds is 2. The molecule has 0 radical (unpaired) electrons. The molecule has 0 aliphatic carbocycles. The Balaban J connectivity index is 0. The van der Waals surface area contributed by atoms with Gasteiger partial charge in [-0.15, -0.1) is 0 Å². The molecule has 0 aromatic carbocycles. The van der Waals surface area contributed by atoms with Crippen LogP contribution in [0.2, 0.25) is 0 Å². The first-order valence-corrected chi connectivity index (χ1v) is 3.10. The Bertz CT molecular complexity index is 15.0. The molecule has 0 heterocycles. The minimum atomic E-state index is 0. The van der Waals surface area contributed by atoms with Gasteiger partial charge in [-0.1, -0.05) is 29.3 Å². The summed E-state index contributed by atoms with van der Waals surface area (Å²) in [7, 11) is 0. The molecule has 34 valence electrons. The van der Waals surface area contributed by atoms with Gasteiger partial charge in [-0.25, -0.2) is 0 Å². The van der Waals surface area contributed by atoms with Crippen molar-refractivity contribution in [2.24, 2.45) is 0 Å². The number of hydrogen-bond acceptors (Lipinski definition) is 0. The average Bonchev–Trinajstić information content (AvgIpc) is 1.41. The summed E-state index contributed by atoms with van der Waals surface area (Å²) in [5.41, 5.74) is 0. The van der Waals surface area contributed by atoms with Gasteiger partial charge in [-0.3, -0.25) is 0 Å². The van der Waals surface area contributed by atoms with Gasteiger partial charge in [0.15, 0.2) is 0 Å². The van der Waals surface area contributed by atoms with E-state index in [4.69, 9.17) is 0 Å². The summed E-state index contributed by atoms with van der Waals surface area (Å²) in [6.07, 6.45) is 2.60. The van der Waals surface area contributed by atoms with Gasteiger partial charge in [0.25, 0.3) is 0 Å². The van der Waals surface area contributed by atoms with Crippen LogP contribution in [-0.2, 0) is 0 Å². The van der Waals surface area contributed by atoms with Gasteiger partial charge >= 0.3 is 18.9 Å². The Morgan fingerprint density at radius 2 is 2.00 bits per heavy atom. The zero-order valence-electron chi connectivity index (χ0n) is 3.50. The number of unbranched alkanes of at least 4 members (excludes halogenated alkanes) is 1. The summed E-state index contributed by atoms with van der Waals surface area (Å²) in [4.78, 5) is 0. The van der Waals surface area contributed by atoms with Crippen molar-refractivity contribution < 1.29 is 0 Å². The molecule has 6 heavy (non-hydrogen) atoms. The van der Waals surface area contributed by atoms with Crippen molar-refractivity contribution in [2.45, 2.75) is 19.8 Å². The minimum absolute atomic E-state index is 0. The van der Waals surface area contributed by atoms with Crippen molar-refractivity contribution in [1.82, 2.24) is 0 Å². The van der Waals surface area contributed by atoms with Gasteiger partial charge in [-0.2, -0.15) is 0 Å². The van der Waals surface area contributed by atoms with Crippen molar-refractivity contribution >= 4 is 34.8 Å². The van der Waals surface area contributed by atoms with E-state index in [-0.39, 0.29) is 18.9 Å². The molecule has 0 aliphatic heterocycles. The van der Waals surface area contributed by atoms with E-state index in [9.17, 15) is 0 Å². The zero-order chi connectivity index (χ0) is 4.12. The van der Waals surface area contributed by atoms with Gasteiger partial charge in [-0.05, 0) is 6.42 Å². The van der Waals surface area contributed by atoms with E-state index in [2.05, 4.69) is 22.9 Å². The first-order valence-electron chi connectivity index (χ1n) is 1.97. The van der Waals surface area contributed by atoms with Crippen molar-refractivity contribution in [3.8, 4) is 0 Å². The molecule has 0 bridgehead atoms.